The van der Waals surface area contributed by atoms with Gasteiger partial charge in [-0.05, 0) is 94.4 Å². The Bertz CT molecular complexity index is 2280. The minimum Gasteiger partial charge on any atom is -0.456 e. The number of nitrogens with zero attached hydrogens (tertiary/aromatic N) is 2. The first-order chi connectivity index (χ1) is 21.1. The highest BCUT2D eigenvalue weighted by atomic mass is 32.2. The zero-order chi connectivity index (χ0) is 29.1. The molecule has 2 unspecified atom stereocenters. The molecule has 1 aliphatic carbocycles. The largest absolute Gasteiger partial charge is 0.456 e. The Kier molecular flexibility index (Phi) is 5.70. The van der Waals surface area contributed by atoms with E-state index >= 15 is 0 Å². The number of nitriles is 2. The van der Waals surface area contributed by atoms with E-state index in [0.717, 1.165) is 49.8 Å². The van der Waals surface area contributed by atoms with Gasteiger partial charge in [0.15, 0.2) is 0 Å². The first-order valence-electron chi connectivity index (χ1n) is 14.2. The second kappa shape index (κ2) is 9.63. The zero-order valence-corrected chi connectivity index (χ0v) is 24.2. The van der Waals surface area contributed by atoms with Crippen molar-refractivity contribution in [2.24, 2.45) is 0 Å². The zero-order valence-electron chi connectivity index (χ0n) is 23.3. The van der Waals surface area contributed by atoms with Crippen molar-refractivity contribution in [1.29, 1.82) is 10.5 Å². The minimum atomic E-state index is -0.0317. The molecule has 0 N–H and O–H groups in total. The number of para-hydroxylation sites is 1. The maximum Gasteiger partial charge on any atom is 0.136 e. The van der Waals surface area contributed by atoms with E-state index in [-0.39, 0.29) is 10.7 Å². The molecule has 0 amide bonds. The third-order valence-corrected chi connectivity index (χ3v) is 10.1. The van der Waals surface area contributed by atoms with Crippen LogP contribution < -0.4 is 0 Å². The highest BCUT2D eigenvalue weighted by Crippen LogP contribution is 2.58. The lowest BCUT2D eigenvalue weighted by Crippen LogP contribution is -2.22. The van der Waals surface area contributed by atoms with E-state index in [0.29, 0.717) is 11.1 Å². The van der Waals surface area contributed by atoms with Gasteiger partial charge in [0.05, 0.1) is 23.3 Å². The van der Waals surface area contributed by atoms with Gasteiger partial charge in [-0.15, -0.1) is 11.8 Å². The number of hydrogen-bond donors (Lipinski definition) is 0. The molecule has 1 aromatic heterocycles. The maximum absolute atomic E-state index is 10.1. The van der Waals surface area contributed by atoms with Gasteiger partial charge in [0.25, 0.3) is 0 Å². The summed E-state index contributed by atoms with van der Waals surface area (Å²) in [5.74, 6) is 0.256. The van der Waals surface area contributed by atoms with Crippen molar-refractivity contribution in [3.63, 3.8) is 0 Å². The summed E-state index contributed by atoms with van der Waals surface area (Å²) in [5.41, 5.74) is 10.1. The van der Waals surface area contributed by atoms with Gasteiger partial charge >= 0.3 is 0 Å². The van der Waals surface area contributed by atoms with Crippen LogP contribution in [0.5, 0.6) is 0 Å². The maximum atomic E-state index is 10.1. The lowest BCUT2D eigenvalue weighted by Gasteiger charge is -2.28. The quantitative estimate of drug-likeness (QED) is 0.213. The Morgan fingerprint density at radius 1 is 0.721 bits per heavy atom. The van der Waals surface area contributed by atoms with Crippen LogP contribution in [0.3, 0.4) is 0 Å². The summed E-state index contributed by atoms with van der Waals surface area (Å²) in [4.78, 5) is 1.30. The van der Waals surface area contributed by atoms with Crippen molar-refractivity contribution < 1.29 is 4.42 Å². The Hall–Kier alpha value is -5.29. The summed E-state index contributed by atoms with van der Waals surface area (Å²) in [5, 5.41) is 21.7. The fourth-order valence-electron chi connectivity index (χ4n) is 6.71. The predicted octanol–water partition coefficient (Wildman–Crippen LogP) is 10.4. The molecule has 2 atom stereocenters. The van der Waals surface area contributed by atoms with E-state index in [2.05, 4.69) is 91.9 Å². The molecule has 0 spiro atoms. The van der Waals surface area contributed by atoms with Gasteiger partial charge in [0.1, 0.15) is 11.2 Å². The molecular weight excluding hydrogens is 545 g/mol. The van der Waals surface area contributed by atoms with Crippen LogP contribution in [0.15, 0.2) is 131 Å². The molecule has 2 aliphatic rings. The second-order valence-corrected chi connectivity index (χ2v) is 12.8. The highest BCUT2D eigenvalue weighted by Gasteiger charge is 2.42. The summed E-state index contributed by atoms with van der Waals surface area (Å²) in [6, 6.07) is 37.4. The van der Waals surface area contributed by atoms with Crippen LogP contribution in [-0.2, 0) is 0 Å². The van der Waals surface area contributed by atoms with Crippen LogP contribution in [-0.4, -0.2) is 4.75 Å². The normalized spacial score (nSPS) is 18.3. The van der Waals surface area contributed by atoms with Crippen molar-refractivity contribution in [3.8, 4) is 45.5 Å². The number of furan rings is 1. The predicted molar refractivity (Wildman–Crippen MR) is 175 cm³/mol. The summed E-state index contributed by atoms with van der Waals surface area (Å²) in [6.45, 7) is 2.31. The molecular formula is C39H24N2OS. The molecule has 0 fully saturated rings. The average Bonchev–Trinajstić information content (AvgIpc) is 3.58. The molecule has 3 nitrogen and oxygen atoms in total. The topological polar surface area (TPSA) is 60.7 Å². The molecule has 1 aliphatic heterocycles. The summed E-state index contributed by atoms with van der Waals surface area (Å²) >= 11 is 1.92. The van der Waals surface area contributed by atoms with Gasteiger partial charge in [-0.2, -0.15) is 10.5 Å². The molecule has 0 saturated heterocycles. The molecule has 8 rings (SSSR count). The molecule has 2 heterocycles. The molecule has 4 heteroatoms. The fraction of sp³-hybridized carbons (Fsp3) is 0.0769. The third-order valence-electron chi connectivity index (χ3n) is 8.70. The van der Waals surface area contributed by atoms with E-state index in [4.69, 9.17) is 4.42 Å². The van der Waals surface area contributed by atoms with Crippen LogP contribution in [0.25, 0.3) is 55.3 Å². The van der Waals surface area contributed by atoms with Crippen LogP contribution in [0.1, 0.15) is 29.5 Å². The lowest BCUT2D eigenvalue weighted by atomic mass is 9.80. The second-order valence-electron chi connectivity index (χ2n) is 11.3. The summed E-state index contributed by atoms with van der Waals surface area (Å²) < 4.78 is 6.21. The van der Waals surface area contributed by atoms with Crippen molar-refractivity contribution in [3.05, 3.63) is 138 Å². The average molecular weight is 569 g/mol. The Balaban J connectivity index is 1.42. The number of rotatable bonds is 3. The highest BCUT2D eigenvalue weighted by molar-refractivity contribution is 8.01. The summed E-state index contributed by atoms with van der Waals surface area (Å²) in [7, 11) is 0. The van der Waals surface area contributed by atoms with Crippen LogP contribution in [0.2, 0.25) is 0 Å². The van der Waals surface area contributed by atoms with Gasteiger partial charge in [0, 0.05) is 26.3 Å². The van der Waals surface area contributed by atoms with Crippen LogP contribution in [0.4, 0.5) is 0 Å². The van der Waals surface area contributed by atoms with Crippen molar-refractivity contribution in [1.82, 2.24) is 0 Å². The van der Waals surface area contributed by atoms with E-state index in [1.165, 1.54) is 16.0 Å². The fourth-order valence-corrected chi connectivity index (χ4v) is 8.14. The van der Waals surface area contributed by atoms with E-state index in [9.17, 15) is 10.5 Å². The SMILES string of the molecule is CC12C=CC=CC1c1c(cccc1-c1cc(-c3ccc(C#N)cc3C#N)cc(-c3cccc4oc5ccccc5c34)c1)S2. The number of thioether (sulfide) groups is 1. The van der Waals surface area contributed by atoms with Gasteiger partial charge < -0.3 is 4.42 Å². The van der Waals surface area contributed by atoms with Gasteiger partial charge in [-0.1, -0.05) is 72.8 Å². The first kappa shape index (κ1) is 25.4. The lowest BCUT2D eigenvalue weighted by molar-refractivity contribution is 0.669. The molecule has 202 valence electrons. The molecule has 0 radical (unpaired) electrons. The monoisotopic (exact) mass is 568 g/mol. The van der Waals surface area contributed by atoms with E-state index in [1.54, 1.807) is 12.1 Å². The van der Waals surface area contributed by atoms with Gasteiger partial charge in [-0.25, -0.2) is 0 Å². The Morgan fingerprint density at radius 3 is 2.30 bits per heavy atom. The van der Waals surface area contributed by atoms with Gasteiger partial charge in [-0.3, -0.25) is 0 Å². The van der Waals surface area contributed by atoms with Crippen molar-refractivity contribution >= 4 is 33.7 Å². The third kappa shape index (κ3) is 3.96. The molecule has 0 saturated carbocycles. The molecule has 43 heavy (non-hydrogen) atoms. The Morgan fingerprint density at radius 2 is 1.47 bits per heavy atom. The van der Waals surface area contributed by atoms with Gasteiger partial charge in [0.2, 0.25) is 0 Å². The Labute approximate surface area is 254 Å². The smallest absolute Gasteiger partial charge is 0.136 e. The number of hydrogen-bond acceptors (Lipinski definition) is 4. The van der Waals surface area contributed by atoms with E-state index in [1.807, 2.05) is 48.2 Å². The van der Waals surface area contributed by atoms with Crippen molar-refractivity contribution in [2.45, 2.75) is 22.5 Å². The standard InChI is InChI=1S/C39H24N2OS/c1-39-17-5-4-11-33(39)38-31(10-7-14-36(38)43-39)27-20-25(29-16-15-24(22-40)18-28(29)23-41)19-26(21-27)30-9-6-13-35-37(30)32-8-2-3-12-34(32)42-35/h2-21,33H,1H3. The van der Waals surface area contributed by atoms with Crippen LogP contribution in [0, 0.1) is 22.7 Å². The number of benzene rings is 5. The van der Waals surface area contributed by atoms with Crippen LogP contribution >= 0.6 is 11.8 Å². The molecule has 5 aromatic carbocycles. The number of allylic oxidation sites excluding steroid dienone is 3. The number of fused-ring (bicyclic) bond motifs is 6. The first-order valence-corrected chi connectivity index (χ1v) is 15.1. The van der Waals surface area contributed by atoms with E-state index < -0.39 is 0 Å². The summed E-state index contributed by atoms with van der Waals surface area (Å²) in [6.07, 6.45) is 8.94. The minimum absolute atomic E-state index is 0.0317. The van der Waals surface area contributed by atoms with Crippen molar-refractivity contribution in [2.75, 3.05) is 0 Å². The molecule has 6 aromatic rings. The molecule has 0 bridgehead atoms.